The summed E-state index contributed by atoms with van der Waals surface area (Å²) in [5.74, 6) is -0.750. The van der Waals surface area contributed by atoms with Crippen LogP contribution < -0.4 is 10.9 Å². The van der Waals surface area contributed by atoms with Crippen LogP contribution in [0.15, 0.2) is 35.1 Å². The van der Waals surface area contributed by atoms with Gasteiger partial charge in [-0.3, -0.25) is 9.59 Å². The SMILES string of the molecule is COC(=O)C(CC(C)C)NC(=O)c1cc(=O)n(C)c2ccccc12. The maximum atomic E-state index is 12.7. The van der Waals surface area contributed by atoms with Crippen LogP contribution in [-0.4, -0.2) is 29.6 Å². The fraction of sp³-hybridized carbons (Fsp3) is 0.389. The number of para-hydroxylation sites is 1. The molecule has 1 amide bonds. The fourth-order valence-electron chi connectivity index (χ4n) is 2.66. The van der Waals surface area contributed by atoms with E-state index < -0.39 is 17.9 Å². The molecular weight excluding hydrogens is 308 g/mol. The molecule has 0 aliphatic rings. The Morgan fingerprint density at radius 2 is 1.92 bits per heavy atom. The van der Waals surface area contributed by atoms with Gasteiger partial charge in [0.15, 0.2) is 0 Å². The fourth-order valence-corrected chi connectivity index (χ4v) is 2.66. The lowest BCUT2D eigenvalue weighted by Crippen LogP contribution is -2.42. The molecule has 0 fully saturated rings. The first-order chi connectivity index (χ1) is 11.3. The quantitative estimate of drug-likeness (QED) is 0.849. The monoisotopic (exact) mass is 330 g/mol. The number of aryl methyl sites for hydroxylation is 1. The Labute approximate surface area is 140 Å². The summed E-state index contributed by atoms with van der Waals surface area (Å²) in [7, 11) is 2.94. The van der Waals surface area contributed by atoms with Crippen molar-refractivity contribution in [3.8, 4) is 0 Å². The van der Waals surface area contributed by atoms with Crippen LogP contribution >= 0.6 is 0 Å². The Kier molecular flexibility index (Phi) is 5.39. The van der Waals surface area contributed by atoms with Crippen molar-refractivity contribution in [1.29, 1.82) is 0 Å². The van der Waals surface area contributed by atoms with Crippen molar-refractivity contribution in [3.63, 3.8) is 0 Å². The van der Waals surface area contributed by atoms with Crippen molar-refractivity contribution >= 4 is 22.8 Å². The summed E-state index contributed by atoms with van der Waals surface area (Å²) in [4.78, 5) is 36.7. The minimum absolute atomic E-state index is 0.204. The summed E-state index contributed by atoms with van der Waals surface area (Å²) < 4.78 is 6.24. The van der Waals surface area contributed by atoms with E-state index in [2.05, 4.69) is 5.32 Å². The number of nitrogens with one attached hydrogen (secondary N) is 1. The number of rotatable bonds is 5. The topological polar surface area (TPSA) is 77.4 Å². The van der Waals surface area contributed by atoms with Gasteiger partial charge in [-0.1, -0.05) is 32.0 Å². The molecule has 2 aromatic rings. The number of esters is 1. The molecule has 24 heavy (non-hydrogen) atoms. The number of aromatic nitrogens is 1. The number of hydrogen-bond acceptors (Lipinski definition) is 4. The largest absolute Gasteiger partial charge is 0.467 e. The van der Waals surface area contributed by atoms with Crippen molar-refractivity contribution in [2.45, 2.75) is 26.3 Å². The Morgan fingerprint density at radius 3 is 2.54 bits per heavy atom. The molecule has 128 valence electrons. The number of pyridine rings is 1. The standard InChI is InChI=1S/C18H22N2O4/c1-11(2)9-14(18(23)24-4)19-17(22)13-10-16(21)20(3)15-8-6-5-7-12(13)15/h5-8,10-11,14H,9H2,1-4H3,(H,19,22). The number of carbonyl (C=O) groups is 2. The number of nitrogens with zero attached hydrogens (tertiary/aromatic N) is 1. The first-order valence-corrected chi connectivity index (χ1v) is 7.82. The highest BCUT2D eigenvalue weighted by atomic mass is 16.5. The molecule has 6 heteroatoms. The number of benzene rings is 1. The predicted octanol–water partition coefficient (Wildman–Crippen LogP) is 1.86. The second-order valence-corrected chi connectivity index (χ2v) is 6.15. The molecule has 2 rings (SSSR count). The maximum absolute atomic E-state index is 12.7. The third kappa shape index (κ3) is 3.64. The molecule has 1 aromatic heterocycles. The summed E-state index contributed by atoms with van der Waals surface area (Å²) >= 11 is 0. The van der Waals surface area contributed by atoms with Gasteiger partial charge in [0, 0.05) is 18.5 Å². The van der Waals surface area contributed by atoms with Gasteiger partial charge >= 0.3 is 5.97 Å². The van der Waals surface area contributed by atoms with Crippen molar-refractivity contribution in [1.82, 2.24) is 9.88 Å². The number of hydrogen-bond donors (Lipinski definition) is 1. The number of fused-ring (bicyclic) bond motifs is 1. The van der Waals surface area contributed by atoms with Crippen LogP contribution in [-0.2, 0) is 16.6 Å². The van der Waals surface area contributed by atoms with Gasteiger partial charge in [0.2, 0.25) is 0 Å². The normalized spacial score (nSPS) is 12.2. The van der Waals surface area contributed by atoms with Gasteiger partial charge in [-0.2, -0.15) is 0 Å². The Balaban J connectivity index is 2.42. The van der Waals surface area contributed by atoms with Gasteiger partial charge < -0.3 is 14.6 Å². The van der Waals surface area contributed by atoms with Crippen LogP contribution in [0.1, 0.15) is 30.6 Å². The van der Waals surface area contributed by atoms with Crippen molar-refractivity contribution in [2.75, 3.05) is 7.11 Å². The second-order valence-electron chi connectivity index (χ2n) is 6.15. The van der Waals surface area contributed by atoms with Crippen LogP contribution in [0.25, 0.3) is 10.9 Å². The van der Waals surface area contributed by atoms with Crippen LogP contribution in [0.3, 0.4) is 0 Å². The van der Waals surface area contributed by atoms with Gasteiger partial charge in [0.25, 0.3) is 11.5 Å². The molecule has 1 unspecified atom stereocenters. The highest BCUT2D eigenvalue weighted by Gasteiger charge is 2.24. The highest BCUT2D eigenvalue weighted by Crippen LogP contribution is 2.17. The van der Waals surface area contributed by atoms with Gasteiger partial charge in [-0.05, 0) is 18.4 Å². The summed E-state index contributed by atoms with van der Waals surface area (Å²) in [6, 6.07) is 7.71. The van der Waals surface area contributed by atoms with E-state index in [0.29, 0.717) is 17.3 Å². The number of amides is 1. The molecule has 0 radical (unpaired) electrons. The molecule has 6 nitrogen and oxygen atoms in total. The third-order valence-corrected chi connectivity index (χ3v) is 3.90. The van der Waals surface area contributed by atoms with E-state index in [1.807, 2.05) is 13.8 Å². The van der Waals surface area contributed by atoms with Gasteiger partial charge in [-0.15, -0.1) is 0 Å². The average Bonchev–Trinajstić information content (AvgIpc) is 2.56. The van der Waals surface area contributed by atoms with Crippen molar-refractivity contribution in [3.05, 3.63) is 46.2 Å². The Morgan fingerprint density at radius 1 is 1.25 bits per heavy atom. The van der Waals surface area contributed by atoms with Crippen molar-refractivity contribution < 1.29 is 14.3 Å². The van der Waals surface area contributed by atoms with Crippen molar-refractivity contribution in [2.24, 2.45) is 13.0 Å². The lowest BCUT2D eigenvalue weighted by Gasteiger charge is -2.19. The lowest BCUT2D eigenvalue weighted by molar-refractivity contribution is -0.143. The smallest absolute Gasteiger partial charge is 0.328 e. The van der Waals surface area contributed by atoms with E-state index in [1.54, 1.807) is 31.3 Å². The van der Waals surface area contributed by atoms with E-state index in [1.165, 1.54) is 17.7 Å². The summed E-state index contributed by atoms with van der Waals surface area (Å²) in [6.45, 7) is 3.91. The molecule has 1 atom stereocenters. The van der Waals surface area contributed by atoms with E-state index in [9.17, 15) is 14.4 Å². The maximum Gasteiger partial charge on any atom is 0.328 e. The number of carbonyl (C=O) groups excluding carboxylic acids is 2. The number of ether oxygens (including phenoxy) is 1. The molecule has 0 saturated heterocycles. The first-order valence-electron chi connectivity index (χ1n) is 7.82. The second kappa shape index (κ2) is 7.29. The third-order valence-electron chi connectivity index (χ3n) is 3.90. The molecule has 0 aliphatic carbocycles. The zero-order chi connectivity index (χ0) is 17.9. The molecular formula is C18H22N2O4. The lowest BCUT2D eigenvalue weighted by atomic mass is 10.0. The summed E-state index contributed by atoms with van der Waals surface area (Å²) in [5, 5.41) is 3.35. The molecule has 1 heterocycles. The molecule has 0 spiro atoms. The van der Waals surface area contributed by atoms with Gasteiger partial charge in [0.05, 0.1) is 18.2 Å². The van der Waals surface area contributed by atoms with Gasteiger partial charge in [0.1, 0.15) is 6.04 Å². The number of methoxy groups -OCH3 is 1. The van der Waals surface area contributed by atoms with Crippen LogP contribution in [0.4, 0.5) is 0 Å². The zero-order valence-corrected chi connectivity index (χ0v) is 14.3. The van der Waals surface area contributed by atoms with Crippen LogP contribution in [0.5, 0.6) is 0 Å². The zero-order valence-electron chi connectivity index (χ0n) is 14.3. The molecule has 1 N–H and O–H groups in total. The molecule has 0 bridgehead atoms. The molecule has 1 aromatic carbocycles. The molecule has 0 saturated carbocycles. The van der Waals surface area contributed by atoms with E-state index in [4.69, 9.17) is 4.74 Å². The van der Waals surface area contributed by atoms with E-state index in [-0.39, 0.29) is 17.0 Å². The minimum atomic E-state index is -0.745. The van der Waals surface area contributed by atoms with Gasteiger partial charge in [-0.25, -0.2) is 4.79 Å². The van der Waals surface area contributed by atoms with E-state index in [0.717, 1.165) is 0 Å². The molecule has 0 aliphatic heterocycles. The first kappa shape index (κ1) is 17.7. The predicted molar refractivity (Wildman–Crippen MR) is 91.9 cm³/mol. The average molecular weight is 330 g/mol. The highest BCUT2D eigenvalue weighted by molar-refractivity contribution is 6.07. The minimum Gasteiger partial charge on any atom is -0.467 e. The van der Waals surface area contributed by atoms with E-state index >= 15 is 0 Å². The summed E-state index contributed by atoms with van der Waals surface area (Å²) in [6.07, 6.45) is 0.460. The summed E-state index contributed by atoms with van der Waals surface area (Å²) in [5.41, 5.74) is 0.636. The Bertz CT molecular complexity index is 823. The Hall–Kier alpha value is -2.63. The van der Waals surface area contributed by atoms with Crippen LogP contribution in [0, 0.1) is 5.92 Å². The van der Waals surface area contributed by atoms with Crippen LogP contribution in [0.2, 0.25) is 0 Å².